The molecule has 0 N–H and O–H groups in total. The van der Waals surface area contributed by atoms with Crippen molar-refractivity contribution in [2.45, 2.75) is 26.7 Å². The number of benzene rings is 1. The van der Waals surface area contributed by atoms with Gasteiger partial charge in [-0.25, -0.2) is 0 Å². The minimum Gasteiger partial charge on any atom is -0.493 e. The molecule has 122 valence electrons. The van der Waals surface area contributed by atoms with Crippen molar-refractivity contribution in [1.82, 2.24) is 4.90 Å². The van der Waals surface area contributed by atoms with Crippen molar-refractivity contribution in [2.24, 2.45) is 5.41 Å². The highest BCUT2D eigenvalue weighted by Gasteiger charge is 2.29. The second-order valence-corrected chi connectivity index (χ2v) is 6.37. The van der Waals surface area contributed by atoms with Gasteiger partial charge in [-0.1, -0.05) is 13.8 Å². The molecule has 0 bridgehead atoms. The second kappa shape index (κ2) is 6.46. The summed E-state index contributed by atoms with van der Waals surface area (Å²) in [5, 5.41) is 0. The lowest BCUT2D eigenvalue weighted by Crippen LogP contribution is -2.41. The molecule has 5 nitrogen and oxygen atoms in total. The SMILES string of the molecule is COc1cc(C(=O)N2CCC(C)(C)CC2)cc(OC)c1OC. The molecule has 1 saturated heterocycles. The largest absolute Gasteiger partial charge is 0.493 e. The van der Waals surface area contributed by atoms with Crippen molar-refractivity contribution in [2.75, 3.05) is 34.4 Å². The first-order chi connectivity index (χ1) is 10.4. The Bertz CT molecular complexity index is 519. The van der Waals surface area contributed by atoms with Crippen molar-refractivity contribution in [1.29, 1.82) is 0 Å². The zero-order chi connectivity index (χ0) is 16.3. The van der Waals surface area contributed by atoms with Crippen LogP contribution in [0.3, 0.4) is 0 Å². The van der Waals surface area contributed by atoms with Crippen LogP contribution in [0.15, 0.2) is 12.1 Å². The van der Waals surface area contributed by atoms with Gasteiger partial charge in [-0.15, -0.1) is 0 Å². The van der Waals surface area contributed by atoms with Crippen molar-refractivity contribution < 1.29 is 19.0 Å². The highest BCUT2D eigenvalue weighted by molar-refractivity contribution is 5.95. The molecule has 1 aliphatic rings. The normalized spacial score (nSPS) is 17.0. The molecule has 22 heavy (non-hydrogen) atoms. The van der Waals surface area contributed by atoms with Crippen LogP contribution in [0.4, 0.5) is 0 Å². The summed E-state index contributed by atoms with van der Waals surface area (Å²) in [6.07, 6.45) is 2.03. The van der Waals surface area contributed by atoms with E-state index in [9.17, 15) is 4.79 Å². The first-order valence-electron chi connectivity index (χ1n) is 7.51. The molecule has 0 saturated carbocycles. The maximum absolute atomic E-state index is 12.7. The smallest absolute Gasteiger partial charge is 0.254 e. The van der Waals surface area contributed by atoms with E-state index in [1.807, 2.05) is 4.90 Å². The molecule has 0 aromatic heterocycles. The number of ether oxygens (including phenoxy) is 3. The molecule has 1 aromatic rings. The van der Waals surface area contributed by atoms with Gasteiger partial charge in [0.2, 0.25) is 5.75 Å². The summed E-state index contributed by atoms with van der Waals surface area (Å²) in [6, 6.07) is 3.42. The summed E-state index contributed by atoms with van der Waals surface area (Å²) in [4.78, 5) is 14.6. The lowest BCUT2D eigenvalue weighted by molar-refractivity contribution is 0.0629. The van der Waals surface area contributed by atoms with Crippen molar-refractivity contribution in [3.8, 4) is 17.2 Å². The molecular formula is C17H25NO4. The van der Waals surface area contributed by atoms with Crippen LogP contribution in [0.2, 0.25) is 0 Å². The molecule has 1 amide bonds. The number of piperidine rings is 1. The number of amides is 1. The second-order valence-electron chi connectivity index (χ2n) is 6.37. The van der Waals surface area contributed by atoms with Gasteiger partial charge < -0.3 is 19.1 Å². The topological polar surface area (TPSA) is 48.0 Å². The maximum Gasteiger partial charge on any atom is 0.254 e. The predicted molar refractivity (Wildman–Crippen MR) is 85.0 cm³/mol. The summed E-state index contributed by atoms with van der Waals surface area (Å²) in [6.45, 7) is 6.05. The lowest BCUT2D eigenvalue weighted by Gasteiger charge is -2.37. The molecule has 0 atom stereocenters. The average molecular weight is 307 g/mol. The Labute approximate surface area is 132 Å². The van der Waals surface area contributed by atoms with Crippen LogP contribution in [-0.4, -0.2) is 45.2 Å². The third-order valence-corrected chi connectivity index (χ3v) is 4.32. The van der Waals surface area contributed by atoms with E-state index in [4.69, 9.17) is 14.2 Å². The Kier molecular flexibility index (Phi) is 4.84. The fourth-order valence-electron chi connectivity index (χ4n) is 2.70. The zero-order valence-electron chi connectivity index (χ0n) is 14.1. The van der Waals surface area contributed by atoms with Gasteiger partial charge in [0.1, 0.15) is 0 Å². The molecule has 1 aromatic carbocycles. The van der Waals surface area contributed by atoms with E-state index in [1.165, 1.54) is 0 Å². The number of hydrogen-bond acceptors (Lipinski definition) is 4. The first kappa shape index (κ1) is 16.5. The highest BCUT2D eigenvalue weighted by atomic mass is 16.5. The summed E-state index contributed by atoms with van der Waals surface area (Å²) in [7, 11) is 4.65. The van der Waals surface area contributed by atoms with E-state index in [1.54, 1.807) is 33.5 Å². The van der Waals surface area contributed by atoms with Crippen LogP contribution in [0.5, 0.6) is 17.2 Å². The molecular weight excluding hydrogens is 282 g/mol. The molecule has 5 heteroatoms. The lowest BCUT2D eigenvalue weighted by atomic mass is 9.82. The summed E-state index contributed by atoms with van der Waals surface area (Å²) >= 11 is 0. The van der Waals surface area contributed by atoms with E-state index in [2.05, 4.69) is 13.8 Å². The number of likely N-dealkylation sites (tertiary alicyclic amines) is 1. The van der Waals surface area contributed by atoms with Crippen LogP contribution >= 0.6 is 0 Å². The standard InChI is InChI=1S/C17H25NO4/c1-17(2)6-8-18(9-7-17)16(19)12-10-13(20-3)15(22-5)14(11-12)21-4/h10-11H,6-9H2,1-5H3. The summed E-state index contributed by atoms with van der Waals surface area (Å²) in [5.41, 5.74) is 0.876. The first-order valence-corrected chi connectivity index (χ1v) is 7.51. The molecule has 1 fully saturated rings. The van der Waals surface area contributed by atoms with Gasteiger partial charge in [-0.2, -0.15) is 0 Å². The van der Waals surface area contributed by atoms with E-state index < -0.39 is 0 Å². The maximum atomic E-state index is 12.7. The van der Waals surface area contributed by atoms with Gasteiger partial charge in [-0.3, -0.25) is 4.79 Å². The molecule has 0 unspecified atom stereocenters. The number of carbonyl (C=O) groups excluding carboxylic acids is 1. The Hall–Kier alpha value is -1.91. The monoisotopic (exact) mass is 307 g/mol. The Morgan fingerprint density at radius 3 is 1.91 bits per heavy atom. The Morgan fingerprint density at radius 1 is 1.00 bits per heavy atom. The van der Waals surface area contributed by atoms with Gasteiger partial charge in [0, 0.05) is 18.7 Å². The minimum atomic E-state index is 0.00903. The highest BCUT2D eigenvalue weighted by Crippen LogP contribution is 2.39. The third-order valence-electron chi connectivity index (χ3n) is 4.32. The number of carbonyl (C=O) groups is 1. The van der Waals surface area contributed by atoms with Crippen molar-refractivity contribution in [3.05, 3.63) is 17.7 Å². The van der Waals surface area contributed by atoms with Gasteiger partial charge in [0.15, 0.2) is 11.5 Å². The summed E-state index contributed by atoms with van der Waals surface area (Å²) < 4.78 is 15.9. The van der Waals surface area contributed by atoms with Crippen molar-refractivity contribution >= 4 is 5.91 Å². The Morgan fingerprint density at radius 2 is 1.50 bits per heavy atom. The molecule has 0 radical (unpaired) electrons. The van der Waals surface area contributed by atoms with E-state index >= 15 is 0 Å². The summed E-state index contributed by atoms with van der Waals surface area (Å²) in [5.74, 6) is 1.51. The van der Waals surface area contributed by atoms with Crippen molar-refractivity contribution in [3.63, 3.8) is 0 Å². The molecule has 1 aliphatic heterocycles. The predicted octanol–water partition coefficient (Wildman–Crippen LogP) is 2.97. The fourth-order valence-corrected chi connectivity index (χ4v) is 2.70. The zero-order valence-corrected chi connectivity index (χ0v) is 14.1. The fraction of sp³-hybridized carbons (Fsp3) is 0.588. The molecule has 0 aliphatic carbocycles. The number of methoxy groups -OCH3 is 3. The van der Waals surface area contributed by atoms with Crippen LogP contribution < -0.4 is 14.2 Å². The number of rotatable bonds is 4. The van der Waals surface area contributed by atoms with Crippen LogP contribution in [0.25, 0.3) is 0 Å². The van der Waals surface area contributed by atoms with Crippen LogP contribution in [0, 0.1) is 5.41 Å². The molecule has 1 heterocycles. The molecule has 2 rings (SSSR count). The Balaban J connectivity index is 2.26. The van der Waals surface area contributed by atoms with Crippen LogP contribution in [0.1, 0.15) is 37.0 Å². The van der Waals surface area contributed by atoms with E-state index in [-0.39, 0.29) is 5.91 Å². The quantitative estimate of drug-likeness (QED) is 0.858. The minimum absolute atomic E-state index is 0.00903. The van der Waals surface area contributed by atoms with Gasteiger partial charge in [0.05, 0.1) is 21.3 Å². The number of nitrogens with zero attached hydrogens (tertiary/aromatic N) is 1. The molecule has 0 spiro atoms. The van der Waals surface area contributed by atoms with Gasteiger partial charge in [0.25, 0.3) is 5.91 Å². The number of hydrogen-bond donors (Lipinski definition) is 0. The third kappa shape index (κ3) is 3.29. The average Bonchev–Trinajstić information content (AvgIpc) is 2.52. The van der Waals surface area contributed by atoms with Crippen LogP contribution in [-0.2, 0) is 0 Å². The van der Waals surface area contributed by atoms with E-state index in [0.29, 0.717) is 28.2 Å². The van der Waals surface area contributed by atoms with Gasteiger partial charge in [-0.05, 0) is 30.4 Å². The van der Waals surface area contributed by atoms with Gasteiger partial charge >= 0.3 is 0 Å². The van der Waals surface area contributed by atoms with E-state index in [0.717, 1.165) is 25.9 Å².